The first-order valence-electron chi connectivity index (χ1n) is 5.83. The van der Waals surface area contributed by atoms with Crippen LogP contribution in [0.2, 0.25) is 0 Å². The molecule has 4 rings (SSSR count). The number of carbonyl (C=O) groups is 2. The van der Waals surface area contributed by atoms with Crippen LogP contribution in [-0.4, -0.2) is 21.5 Å². The van der Waals surface area contributed by atoms with Gasteiger partial charge in [0.25, 0.3) is 0 Å². The number of hydrogen-bond donors (Lipinski definition) is 1. The molecule has 2 N–H and O–H groups in total. The number of allylic oxidation sites excluding steroid dienone is 2. The largest absolute Gasteiger partial charge is 0.353 e. The van der Waals surface area contributed by atoms with Gasteiger partial charge in [-0.15, -0.1) is 0 Å². The van der Waals surface area contributed by atoms with Crippen LogP contribution in [0.15, 0.2) is 36.8 Å². The van der Waals surface area contributed by atoms with Gasteiger partial charge in [-0.3, -0.25) is 14.6 Å². The minimum atomic E-state index is -0.235. The summed E-state index contributed by atoms with van der Waals surface area (Å²) in [6.45, 7) is 0. The summed E-state index contributed by atoms with van der Waals surface area (Å²) in [7, 11) is 0. The average molecular weight is 250 g/mol. The van der Waals surface area contributed by atoms with E-state index in [0.29, 0.717) is 11.1 Å². The Labute approximate surface area is 107 Å². The van der Waals surface area contributed by atoms with Crippen molar-refractivity contribution in [2.75, 3.05) is 0 Å². The van der Waals surface area contributed by atoms with Crippen LogP contribution < -0.4 is 4.98 Å². The lowest BCUT2D eigenvalue weighted by atomic mass is 9.98. The van der Waals surface area contributed by atoms with Crippen molar-refractivity contribution < 1.29 is 14.6 Å². The SMILES string of the molecule is O=C1C=CC(=O)c2c1ncc1c2[nH]c2cc[nH+]cc21. The zero-order chi connectivity index (χ0) is 13.0. The van der Waals surface area contributed by atoms with E-state index in [1.165, 1.54) is 12.2 Å². The number of nitrogens with one attached hydrogen (secondary N) is 2. The quantitative estimate of drug-likeness (QED) is 0.656. The molecule has 3 aromatic rings. The highest BCUT2D eigenvalue weighted by Gasteiger charge is 2.25. The van der Waals surface area contributed by atoms with Crippen molar-refractivity contribution in [3.8, 4) is 0 Å². The van der Waals surface area contributed by atoms with Crippen molar-refractivity contribution in [1.82, 2.24) is 9.97 Å². The predicted octanol–water partition coefficient (Wildman–Crippen LogP) is 1.47. The van der Waals surface area contributed by atoms with Gasteiger partial charge in [0.2, 0.25) is 5.78 Å². The molecule has 90 valence electrons. The predicted molar refractivity (Wildman–Crippen MR) is 68.0 cm³/mol. The number of H-pyrrole nitrogens is 2. The highest BCUT2D eigenvalue weighted by atomic mass is 16.1. The maximum atomic E-state index is 12.0. The third-order valence-electron chi connectivity index (χ3n) is 3.36. The van der Waals surface area contributed by atoms with Gasteiger partial charge in [-0.05, 0) is 12.2 Å². The van der Waals surface area contributed by atoms with Gasteiger partial charge in [-0.1, -0.05) is 0 Å². The summed E-state index contributed by atoms with van der Waals surface area (Å²) in [6.07, 6.45) is 7.83. The van der Waals surface area contributed by atoms with E-state index in [4.69, 9.17) is 0 Å². The van der Waals surface area contributed by atoms with Crippen molar-refractivity contribution >= 4 is 33.4 Å². The normalized spacial score (nSPS) is 14.3. The molecule has 0 radical (unpaired) electrons. The molecule has 0 aromatic carbocycles. The fraction of sp³-hybridized carbons (Fsp3) is 0. The van der Waals surface area contributed by atoms with Crippen molar-refractivity contribution in [3.63, 3.8) is 0 Å². The topological polar surface area (TPSA) is 77.0 Å². The van der Waals surface area contributed by atoms with Crippen LogP contribution in [0.1, 0.15) is 20.8 Å². The number of aromatic amines is 2. The molecule has 0 aliphatic heterocycles. The lowest BCUT2D eigenvalue weighted by Crippen LogP contribution is -2.14. The second-order valence-corrected chi connectivity index (χ2v) is 4.43. The molecule has 0 spiro atoms. The summed E-state index contributed by atoms with van der Waals surface area (Å²) in [5, 5.41) is 1.78. The minimum absolute atomic E-state index is 0.191. The van der Waals surface area contributed by atoms with Crippen LogP contribution in [0.25, 0.3) is 21.8 Å². The maximum Gasteiger partial charge on any atom is 0.205 e. The second-order valence-electron chi connectivity index (χ2n) is 4.43. The standard InChI is InChI=1S/C14H7N3O2/c18-10-1-2-11(19)14-12(10)13-8(6-16-14)7-5-15-4-3-9(7)17-13/h1-6,17H/p+1. The molecule has 0 amide bonds. The highest BCUT2D eigenvalue weighted by molar-refractivity contribution is 6.27. The molecule has 0 atom stereocenters. The molecule has 19 heavy (non-hydrogen) atoms. The number of rotatable bonds is 0. The molecule has 0 saturated carbocycles. The third kappa shape index (κ3) is 1.24. The van der Waals surface area contributed by atoms with Crippen LogP contribution in [0.4, 0.5) is 0 Å². The molecule has 0 fully saturated rings. The molecule has 0 bridgehead atoms. The van der Waals surface area contributed by atoms with Gasteiger partial charge in [-0.25, -0.2) is 4.98 Å². The monoisotopic (exact) mass is 250 g/mol. The van der Waals surface area contributed by atoms with Crippen LogP contribution in [0.3, 0.4) is 0 Å². The van der Waals surface area contributed by atoms with Crippen LogP contribution >= 0.6 is 0 Å². The Bertz CT molecular complexity index is 906. The second kappa shape index (κ2) is 3.35. The number of carbonyl (C=O) groups excluding carboxylic acids is 2. The third-order valence-corrected chi connectivity index (χ3v) is 3.36. The van der Waals surface area contributed by atoms with Gasteiger partial charge < -0.3 is 4.98 Å². The van der Waals surface area contributed by atoms with E-state index in [-0.39, 0.29) is 17.3 Å². The molecular formula is C14H8N3O2+. The lowest BCUT2D eigenvalue weighted by molar-refractivity contribution is -0.375. The van der Waals surface area contributed by atoms with Crippen LogP contribution in [-0.2, 0) is 0 Å². The summed E-state index contributed by atoms with van der Waals surface area (Å²) < 4.78 is 0. The molecule has 3 heterocycles. The fourth-order valence-corrected chi connectivity index (χ4v) is 2.48. The van der Waals surface area contributed by atoms with E-state index in [9.17, 15) is 9.59 Å². The summed E-state index contributed by atoms with van der Waals surface area (Å²) in [6, 6.07) is 1.88. The van der Waals surface area contributed by atoms with E-state index in [1.807, 2.05) is 12.3 Å². The number of aromatic nitrogens is 3. The van der Waals surface area contributed by atoms with E-state index in [2.05, 4.69) is 15.0 Å². The molecular weight excluding hydrogens is 242 g/mol. The lowest BCUT2D eigenvalue weighted by Gasteiger charge is -2.08. The van der Waals surface area contributed by atoms with Gasteiger partial charge in [0, 0.05) is 17.6 Å². The fourth-order valence-electron chi connectivity index (χ4n) is 2.48. The van der Waals surface area contributed by atoms with Crippen LogP contribution in [0, 0.1) is 0 Å². The van der Waals surface area contributed by atoms with E-state index < -0.39 is 0 Å². The number of hydrogen-bond acceptors (Lipinski definition) is 3. The first kappa shape index (κ1) is 10.1. The van der Waals surface area contributed by atoms with Gasteiger partial charge in [0.05, 0.1) is 22.0 Å². The summed E-state index contributed by atoms with van der Waals surface area (Å²) in [5.74, 6) is -0.426. The van der Waals surface area contributed by atoms with Crippen molar-refractivity contribution in [2.45, 2.75) is 0 Å². The zero-order valence-corrected chi connectivity index (χ0v) is 9.73. The molecule has 5 nitrogen and oxygen atoms in total. The minimum Gasteiger partial charge on any atom is -0.353 e. The van der Waals surface area contributed by atoms with Gasteiger partial charge in [-0.2, -0.15) is 0 Å². The number of nitrogens with zero attached hydrogens (tertiary/aromatic N) is 1. The molecule has 5 heteroatoms. The van der Waals surface area contributed by atoms with Gasteiger partial charge >= 0.3 is 0 Å². The Morgan fingerprint density at radius 1 is 1.11 bits per heavy atom. The molecule has 1 aliphatic carbocycles. The number of ketones is 2. The molecule has 3 aromatic heterocycles. The van der Waals surface area contributed by atoms with Crippen LogP contribution in [0.5, 0.6) is 0 Å². The Balaban J connectivity index is 2.23. The number of fused-ring (bicyclic) bond motifs is 5. The van der Waals surface area contributed by atoms with Gasteiger partial charge in [0.15, 0.2) is 18.2 Å². The summed E-state index contributed by atoms with van der Waals surface area (Å²) in [4.78, 5) is 34.1. The average Bonchev–Trinajstić information content (AvgIpc) is 2.81. The maximum absolute atomic E-state index is 12.0. The van der Waals surface area contributed by atoms with Crippen molar-refractivity contribution in [2.24, 2.45) is 0 Å². The van der Waals surface area contributed by atoms with Crippen molar-refractivity contribution in [3.05, 3.63) is 48.1 Å². The molecule has 0 unspecified atom stereocenters. The first-order chi connectivity index (χ1) is 9.25. The summed E-state index contributed by atoms with van der Waals surface area (Å²) >= 11 is 0. The summed E-state index contributed by atoms with van der Waals surface area (Å²) in [5.41, 5.74) is 2.15. The Morgan fingerprint density at radius 2 is 1.95 bits per heavy atom. The highest BCUT2D eigenvalue weighted by Crippen LogP contribution is 2.29. The van der Waals surface area contributed by atoms with E-state index in [1.54, 1.807) is 12.4 Å². The van der Waals surface area contributed by atoms with E-state index in [0.717, 1.165) is 16.3 Å². The molecule has 0 saturated heterocycles. The van der Waals surface area contributed by atoms with Gasteiger partial charge in [0.1, 0.15) is 5.69 Å². The zero-order valence-electron chi connectivity index (χ0n) is 9.73. The Morgan fingerprint density at radius 3 is 2.84 bits per heavy atom. The van der Waals surface area contributed by atoms with Crippen molar-refractivity contribution in [1.29, 1.82) is 0 Å². The first-order valence-corrected chi connectivity index (χ1v) is 5.83. The molecule has 1 aliphatic rings. The van der Waals surface area contributed by atoms with E-state index >= 15 is 0 Å². The Kier molecular flexibility index (Phi) is 1.79. The number of pyridine rings is 2. The smallest absolute Gasteiger partial charge is 0.205 e. The Hall–Kier alpha value is -2.82.